The van der Waals surface area contributed by atoms with E-state index in [0.717, 1.165) is 40.4 Å². The molecule has 0 spiro atoms. The Morgan fingerprint density at radius 1 is 1.13 bits per heavy atom. The van der Waals surface area contributed by atoms with Gasteiger partial charge in [-0.1, -0.05) is 17.3 Å². The fraction of sp³-hybridized carbons (Fsp3) is 0.200. The lowest BCUT2D eigenvalue weighted by molar-refractivity contribution is -0.137. The molecule has 3 aromatic heterocycles. The van der Waals surface area contributed by atoms with Crippen molar-refractivity contribution in [3.63, 3.8) is 0 Å². The lowest BCUT2D eigenvalue weighted by Crippen LogP contribution is -2.07. The van der Waals surface area contributed by atoms with Gasteiger partial charge in [-0.2, -0.15) is 23.3 Å². The van der Waals surface area contributed by atoms with Gasteiger partial charge in [0.2, 0.25) is 5.82 Å². The van der Waals surface area contributed by atoms with Crippen LogP contribution in [0.25, 0.3) is 22.8 Å². The van der Waals surface area contributed by atoms with Crippen LogP contribution in [0, 0.1) is 0 Å². The lowest BCUT2D eigenvalue weighted by Gasteiger charge is -2.07. The van der Waals surface area contributed by atoms with Crippen molar-refractivity contribution in [1.29, 1.82) is 0 Å². The number of halogens is 3. The van der Waals surface area contributed by atoms with E-state index in [1.807, 2.05) is 24.3 Å². The molecular formula is C20H17F3N6OS. The zero-order chi connectivity index (χ0) is 22.0. The number of benzene rings is 1. The predicted octanol–water partition coefficient (Wildman–Crippen LogP) is 4.30. The van der Waals surface area contributed by atoms with Gasteiger partial charge < -0.3 is 4.52 Å². The molecule has 0 fully saturated rings. The normalized spacial score (nSPS) is 11.8. The summed E-state index contributed by atoms with van der Waals surface area (Å²) in [4.78, 5) is 9.27. The van der Waals surface area contributed by atoms with E-state index in [9.17, 15) is 13.2 Å². The first kappa shape index (κ1) is 21.1. The van der Waals surface area contributed by atoms with Crippen LogP contribution in [-0.2, 0) is 26.1 Å². The van der Waals surface area contributed by atoms with Crippen LogP contribution < -0.4 is 5.14 Å². The summed E-state index contributed by atoms with van der Waals surface area (Å²) in [6.07, 6.45) is -1.02. The molecule has 0 aliphatic heterocycles. The maximum absolute atomic E-state index is 12.7. The Morgan fingerprint density at radius 3 is 2.68 bits per heavy atom. The Morgan fingerprint density at radius 2 is 1.97 bits per heavy atom. The van der Waals surface area contributed by atoms with Crippen molar-refractivity contribution < 1.29 is 17.7 Å². The molecule has 1 aromatic carbocycles. The number of pyridine rings is 1. The highest BCUT2D eigenvalue weighted by molar-refractivity contribution is 7.97. The van der Waals surface area contributed by atoms with Gasteiger partial charge >= 0.3 is 6.18 Å². The molecule has 31 heavy (non-hydrogen) atoms. The van der Waals surface area contributed by atoms with E-state index >= 15 is 0 Å². The Kier molecular flexibility index (Phi) is 5.79. The lowest BCUT2D eigenvalue weighted by atomic mass is 10.1. The van der Waals surface area contributed by atoms with E-state index in [-0.39, 0.29) is 0 Å². The zero-order valence-electron chi connectivity index (χ0n) is 16.3. The molecule has 0 unspecified atom stereocenters. The summed E-state index contributed by atoms with van der Waals surface area (Å²) in [7, 11) is 1.78. The fourth-order valence-corrected chi connectivity index (χ4v) is 3.44. The molecule has 0 radical (unpaired) electrons. The molecule has 0 aliphatic carbocycles. The van der Waals surface area contributed by atoms with E-state index in [2.05, 4.69) is 20.2 Å². The van der Waals surface area contributed by atoms with Crippen LogP contribution in [0.2, 0.25) is 0 Å². The minimum Gasteiger partial charge on any atom is -0.333 e. The number of nitrogens with zero attached hydrogens (tertiary/aromatic N) is 5. The third-order valence-corrected chi connectivity index (χ3v) is 5.24. The number of alkyl halides is 3. The topological polar surface area (TPSA) is 95.7 Å². The highest BCUT2D eigenvalue weighted by Gasteiger charge is 2.30. The van der Waals surface area contributed by atoms with Crippen LogP contribution in [0.5, 0.6) is 0 Å². The number of rotatable bonds is 6. The highest BCUT2D eigenvalue weighted by Crippen LogP contribution is 2.29. The van der Waals surface area contributed by atoms with Crippen molar-refractivity contribution in [1.82, 2.24) is 24.9 Å². The molecule has 0 atom stereocenters. The third-order valence-electron chi connectivity index (χ3n) is 4.72. The molecule has 2 N–H and O–H groups in total. The minimum absolute atomic E-state index is 0.310. The van der Waals surface area contributed by atoms with Crippen molar-refractivity contribution in [3.8, 4) is 22.8 Å². The second kappa shape index (κ2) is 8.52. The second-order valence-electron chi connectivity index (χ2n) is 6.73. The average Bonchev–Trinajstić information content (AvgIpc) is 3.39. The van der Waals surface area contributed by atoms with E-state index in [1.165, 1.54) is 6.07 Å². The van der Waals surface area contributed by atoms with E-state index in [0.29, 0.717) is 35.8 Å². The largest absolute Gasteiger partial charge is 0.417 e. The zero-order valence-corrected chi connectivity index (χ0v) is 17.1. The van der Waals surface area contributed by atoms with Gasteiger partial charge in [-0.25, -0.2) is 0 Å². The molecular weight excluding hydrogens is 429 g/mol. The van der Waals surface area contributed by atoms with Gasteiger partial charge in [-0.05, 0) is 49.1 Å². The molecule has 4 aromatic rings. The molecule has 0 bridgehead atoms. The van der Waals surface area contributed by atoms with E-state index in [4.69, 9.17) is 9.66 Å². The molecule has 11 heteroatoms. The smallest absolute Gasteiger partial charge is 0.333 e. The van der Waals surface area contributed by atoms with Crippen molar-refractivity contribution in [2.24, 2.45) is 12.2 Å². The van der Waals surface area contributed by atoms with Crippen molar-refractivity contribution in [3.05, 3.63) is 65.7 Å². The highest BCUT2D eigenvalue weighted by atomic mass is 32.2. The van der Waals surface area contributed by atoms with Crippen LogP contribution in [0.1, 0.15) is 17.0 Å². The molecule has 160 valence electrons. The number of nitrogens with two attached hydrogens (primary N) is 1. The summed E-state index contributed by atoms with van der Waals surface area (Å²) in [6, 6.07) is 9.86. The van der Waals surface area contributed by atoms with Gasteiger partial charge in [0.05, 0.1) is 23.0 Å². The quantitative estimate of drug-likeness (QED) is 0.441. The van der Waals surface area contributed by atoms with Gasteiger partial charge in [0.25, 0.3) is 5.89 Å². The minimum atomic E-state index is -4.40. The molecule has 4 rings (SSSR count). The number of hydrogen-bond donors (Lipinski definition) is 1. The van der Waals surface area contributed by atoms with Crippen molar-refractivity contribution >= 4 is 11.9 Å². The molecule has 0 aliphatic rings. The van der Waals surface area contributed by atoms with Gasteiger partial charge in [-0.3, -0.25) is 14.8 Å². The third kappa shape index (κ3) is 4.62. The van der Waals surface area contributed by atoms with Gasteiger partial charge in [-0.15, -0.1) is 0 Å². The Hall–Kier alpha value is -3.18. The maximum atomic E-state index is 12.7. The Balaban J connectivity index is 1.54. The van der Waals surface area contributed by atoms with Crippen molar-refractivity contribution in [2.75, 3.05) is 0 Å². The Labute approximate surface area is 179 Å². The first-order chi connectivity index (χ1) is 14.8. The second-order valence-corrected chi connectivity index (χ2v) is 7.44. The van der Waals surface area contributed by atoms with Crippen LogP contribution in [0.15, 0.2) is 58.2 Å². The van der Waals surface area contributed by atoms with Crippen LogP contribution in [0.4, 0.5) is 13.2 Å². The molecule has 7 nitrogen and oxygen atoms in total. The van der Waals surface area contributed by atoms with Crippen LogP contribution >= 0.6 is 11.9 Å². The average molecular weight is 446 g/mol. The molecule has 0 amide bonds. The number of aryl methyl sites for hydroxylation is 2. The van der Waals surface area contributed by atoms with Crippen LogP contribution in [0.3, 0.4) is 0 Å². The standard InChI is InChI=1S/C20H17F3N6OS/c1-29-17(8-7-14-6-5-13(10-25-14)20(21,22)23)16(11-26-29)19-27-18(28-30-19)12-3-2-4-15(9-12)31-24/h2-6,9-11H,7-8,24H2,1H3. The predicted molar refractivity (Wildman–Crippen MR) is 109 cm³/mol. The summed E-state index contributed by atoms with van der Waals surface area (Å²) in [5, 5.41) is 13.9. The monoisotopic (exact) mass is 446 g/mol. The first-order valence-corrected chi connectivity index (χ1v) is 10.1. The molecule has 0 saturated heterocycles. The van der Waals surface area contributed by atoms with Crippen molar-refractivity contribution in [2.45, 2.75) is 23.9 Å². The van der Waals surface area contributed by atoms with Gasteiger partial charge in [0.1, 0.15) is 0 Å². The maximum Gasteiger partial charge on any atom is 0.417 e. The Bertz CT molecular complexity index is 1190. The number of hydrogen-bond acceptors (Lipinski definition) is 7. The summed E-state index contributed by atoms with van der Waals surface area (Å²) >= 11 is 1.13. The first-order valence-electron chi connectivity index (χ1n) is 9.19. The van der Waals surface area contributed by atoms with Crippen LogP contribution in [-0.4, -0.2) is 24.9 Å². The van der Waals surface area contributed by atoms with Gasteiger partial charge in [0, 0.05) is 29.4 Å². The number of aromatic nitrogens is 5. The van der Waals surface area contributed by atoms with E-state index in [1.54, 1.807) is 17.9 Å². The summed E-state index contributed by atoms with van der Waals surface area (Å²) in [5.74, 6) is 0.731. The summed E-state index contributed by atoms with van der Waals surface area (Å²) < 4.78 is 45.2. The molecule has 3 heterocycles. The SMILES string of the molecule is Cn1ncc(-c2nc(-c3cccc(SN)c3)no2)c1CCc1ccc(C(F)(F)F)cn1. The van der Waals surface area contributed by atoms with E-state index < -0.39 is 11.7 Å². The summed E-state index contributed by atoms with van der Waals surface area (Å²) in [6.45, 7) is 0. The van der Waals surface area contributed by atoms with Gasteiger partial charge in [0.15, 0.2) is 0 Å². The summed E-state index contributed by atoms with van der Waals surface area (Å²) in [5.41, 5.74) is 2.01. The fourth-order valence-electron chi connectivity index (χ4n) is 3.08. The molecule has 0 saturated carbocycles.